The van der Waals surface area contributed by atoms with Crippen molar-refractivity contribution < 1.29 is 9.47 Å². The van der Waals surface area contributed by atoms with Crippen LogP contribution in [0.1, 0.15) is 25.3 Å². The van der Waals surface area contributed by atoms with E-state index in [1.165, 1.54) is 18.4 Å². The summed E-state index contributed by atoms with van der Waals surface area (Å²) in [6.45, 7) is 6.47. The van der Waals surface area contributed by atoms with Crippen molar-refractivity contribution in [2.24, 2.45) is 5.92 Å². The monoisotopic (exact) mass is 278 g/mol. The highest BCUT2D eigenvalue weighted by molar-refractivity contribution is 5.47. The number of ether oxygens (including phenoxy) is 2. The van der Waals surface area contributed by atoms with Crippen molar-refractivity contribution in [2.75, 3.05) is 39.1 Å². The minimum Gasteiger partial charge on any atom is -0.494 e. The Balaban J connectivity index is 1.95. The fourth-order valence-electron chi connectivity index (χ4n) is 2.74. The first-order valence-electron chi connectivity index (χ1n) is 7.46. The van der Waals surface area contributed by atoms with Gasteiger partial charge in [-0.05, 0) is 50.9 Å². The highest BCUT2D eigenvalue weighted by Crippen LogP contribution is 2.24. The van der Waals surface area contributed by atoms with Crippen molar-refractivity contribution in [3.8, 4) is 5.75 Å². The molecule has 1 saturated heterocycles. The third-order valence-corrected chi connectivity index (χ3v) is 3.74. The van der Waals surface area contributed by atoms with Gasteiger partial charge in [-0.2, -0.15) is 0 Å². The predicted molar refractivity (Wildman–Crippen MR) is 81.9 cm³/mol. The predicted octanol–water partition coefficient (Wildman–Crippen LogP) is 2.53. The van der Waals surface area contributed by atoms with Crippen LogP contribution in [0.3, 0.4) is 0 Å². The average molecular weight is 278 g/mol. The maximum absolute atomic E-state index is 5.89. The average Bonchev–Trinajstić information content (AvgIpc) is 2.43. The van der Waals surface area contributed by atoms with Crippen molar-refractivity contribution >= 4 is 5.69 Å². The first kappa shape index (κ1) is 15.1. The Bertz CT molecular complexity index is 417. The molecule has 0 unspecified atom stereocenters. The molecule has 1 aliphatic rings. The molecule has 112 valence electrons. The van der Waals surface area contributed by atoms with Crippen LogP contribution in [0.4, 0.5) is 5.69 Å². The molecule has 0 amide bonds. The molecule has 0 spiro atoms. The molecular weight excluding hydrogens is 252 g/mol. The van der Waals surface area contributed by atoms with E-state index in [2.05, 4.69) is 11.9 Å². The lowest BCUT2D eigenvalue weighted by Crippen LogP contribution is -2.29. The quantitative estimate of drug-likeness (QED) is 0.812. The molecule has 0 aliphatic carbocycles. The molecule has 0 aromatic heterocycles. The number of anilines is 1. The van der Waals surface area contributed by atoms with E-state index in [1.54, 1.807) is 0 Å². The van der Waals surface area contributed by atoms with Crippen molar-refractivity contribution in [2.45, 2.75) is 26.3 Å². The number of benzene rings is 1. The number of hydrogen-bond acceptors (Lipinski definition) is 4. The van der Waals surface area contributed by atoms with Gasteiger partial charge in [0.2, 0.25) is 0 Å². The largest absolute Gasteiger partial charge is 0.494 e. The Morgan fingerprint density at radius 2 is 2.10 bits per heavy atom. The molecule has 4 heteroatoms. The first-order valence-corrected chi connectivity index (χ1v) is 7.46. The molecule has 20 heavy (non-hydrogen) atoms. The fourth-order valence-corrected chi connectivity index (χ4v) is 2.74. The number of hydrogen-bond donors (Lipinski definition) is 1. The molecule has 0 atom stereocenters. The van der Waals surface area contributed by atoms with Crippen molar-refractivity contribution in [3.05, 3.63) is 23.8 Å². The Morgan fingerprint density at radius 1 is 1.35 bits per heavy atom. The Morgan fingerprint density at radius 3 is 2.80 bits per heavy atom. The van der Waals surface area contributed by atoms with Gasteiger partial charge in [0.15, 0.2) is 0 Å². The van der Waals surface area contributed by atoms with Crippen LogP contribution in [0.2, 0.25) is 0 Å². The zero-order valence-corrected chi connectivity index (χ0v) is 12.6. The fraction of sp³-hybridized carbons (Fsp3) is 0.625. The van der Waals surface area contributed by atoms with Crippen LogP contribution in [0.5, 0.6) is 5.75 Å². The van der Waals surface area contributed by atoms with E-state index in [4.69, 9.17) is 15.2 Å². The van der Waals surface area contributed by atoms with E-state index in [0.29, 0.717) is 6.61 Å². The summed E-state index contributed by atoms with van der Waals surface area (Å²) in [4.78, 5) is 2.35. The maximum Gasteiger partial charge on any atom is 0.123 e. The summed E-state index contributed by atoms with van der Waals surface area (Å²) in [7, 11) is 2.16. The van der Waals surface area contributed by atoms with Gasteiger partial charge in [-0.1, -0.05) is 0 Å². The molecule has 4 nitrogen and oxygen atoms in total. The second-order valence-corrected chi connectivity index (χ2v) is 5.55. The van der Waals surface area contributed by atoms with Crippen molar-refractivity contribution in [1.29, 1.82) is 0 Å². The molecule has 0 saturated carbocycles. The van der Waals surface area contributed by atoms with Crippen LogP contribution in [-0.2, 0) is 11.3 Å². The Kier molecular flexibility index (Phi) is 5.68. The summed E-state index contributed by atoms with van der Waals surface area (Å²) >= 11 is 0. The number of nitrogens with two attached hydrogens (primary N) is 1. The molecule has 1 aromatic carbocycles. The number of nitrogens with zero attached hydrogens (tertiary/aromatic N) is 1. The van der Waals surface area contributed by atoms with Gasteiger partial charge in [0, 0.05) is 37.6 Å². The van der Waals surface area contributed by atoms with Crippen molar-refractivity contribution in [1.82, 2.24) is 4.90 Å². The highest BCUT2D eigenvalue weighted by Gasteiger charge is 2.16. The van der Waals surface area contributed by atoms with Gasteiger partial charge in [-0.3, -0.25) is 0 Å². The van der Waals surface area contributed by atoms with Gasteiger partial charge in [0.05, 0.1) is 6.61 Å². The number of rotatable bonds is 6. The molecule has 1 fully saturated rings. The lowest BCUT2D eigenvalue weighted by molar-refractivity contribution is 0.0548. The second kappa shape index (κ2) is 7.50. The summed E-state index contributed by atoms with van der Waals surface area (Å²) in [5.41, 5.74) is 7.86. The van der Waals surface area contributed by atoms with Crippen LogP contribution >= 0.6 is 0 Å². The summed E-state index contributed by atoms with van der Waals surface area (Å²) < 4.78 is 11.1. The number of nitrogen functional groups attached to an aromatic ring is 1. The molecule has 2 rings (SSSR count). The maximum atomic E-state index is 5.89. The van der Waals surface area contributed by atoms with E-state index >= 15 is 0 Å². The van der Waals surface area contributed by atoms with Crippen LogP contribution in [-0.4, -0.2) is 38.3 Å². The third-order valence-electron chi connectivity index (χ3n) is 3.74. The normalized spacial score (nSPS) is 16.6. The van der Waals surface area contributed by atoms with Crippen LogP contribution in [0.25, 0.3) is 0 Å². The smallest absolute Gasteiger partial charge is 0.123 e. The SMILES string of the molecule is CCOc1ccc(N)cc1CN(C)CC1CCOCC1. The minimum absolute atomic E-state index is 0.681. The standard InChI is InChI=1S/C16H26N2O2/c1-3-20-16-5-4-15(17)10-14(16)12-18(2)11-13-6-8-19-9-7-13/h4-5,10,13H,3,6-9,11-12,17H2,1-2H3. The molecule has 1 heterocycles. The lowest BCUT2D eigenvalue weighted by Gasteiger charge is -2.27. The molecule has 1 aliphatic heterocycles. The first-order chi connectivity index (χ1) is 9.69. The highest BCUT2D eigenvalue weighted by atomic mass is 16.5. The summed E-state index contributed by atoms with van der Waals surface area (Å²) in [5.74, 6) is 1.69. The molecular formula is C16H26N2O2. The van der Waals surface area contributed by atoms with Gasteiger partial charge in [0.25, 0.3) is 0 Å². The minimum atomic E-state index is 0.681. The zero-order chi connectivity index (χ0) is 14.4. The summed E-state index contributed by atoms with van der Waals surface area (Å²) in [6.07, 6.45) is 2.33. The van der Waals surface area contributed by atoms with E-state index in [1.807, 2.05) is 25.1 Å². The van der Waals surface area contributed by atoms with Crippen LogP contribution in [0.15, 0.2) is 18.2 Å². The van der Waals surface area contributed by atoms with Gasteiger partial charge >= 0.3 is 0 Å². The second-order valence-electron chi connectivity index (χ2n) is 5.55. The molecule has 2 N–H and O–H groups in total. The van der Waals surface area contributed by atoms with Gasteiger partial charge in [-0.25, -0.2) is 0 Å². The Labute approximate surface area is 121 Å². The summed E-state index contributed by atoms with van der Waals surface area (Å²) in [6, 6.07) is 5.88. The third kappa shape index (κ3) is 4.39. The van der Waals surface area contributed by atoms with Crippen molar-refractivity contribution in [3.63, 3.8) is 0 Å². The van der Waals surface area contributed by atoms with Crippen LogP contribution < -0.4 is 10.5 Å². The van der Waals surface area contributed by atoms with Crippen LogP contribution in [0, 0.1) is 5.92 Å². The lowest BCUT2D eigenvalue weighted by atomic mass is 9.99. The Hall–Kier alpha value is -1.26. The van der Waals surface area contributed by atoms with E-state index in [9.17, 15) is 0 Å². The molecule has 0 bridgehead atoms. The summed E-state index contributed by atoms with van der Waals surface area (Å²) in [5, 5.41) is 0. The van der Waals surface area contributed by atoms with E-state index in [0.717, 1.165) is 43.7 Å². The topological polar surface area (TPSA) is 47.7 Å². The molecule has 0 radical (unpaired) electrons. The molecule has 1 aromatic rings. The van der Waals surface area contributed by atoms with E-state index in [-0.39, 0.29) is 0 Å². The van der Waals surface area contributed by atoms with Gasteiger partial charge in [0.1, 0.15) is 5.75 Å². The zero-order valence-electron chi connectivity index (χ0n) is 12.6. The van der Waals surface area contributed by atoms with Gasteiger partial charge in [-0.15, -0.1) is 0 Å². The van der Waals surface area contributed by atoms with Gasteiger partial charge < -0.3 is 20.1 Å². The van der Waals surface area contributed by atoms with E-state index < -0.39 is 0 Å².